The summed E-state index contributed by atoms with van der Waals surface area (Å²) in [5, 5.41) is 3.59. The molecule has 194 valence electrons. The van der Waals surface area contributed by atoms with Crippen molar-refractivity contribution in [3.8, 4) is 11.7 Å². The summed E-state index contributed by atoms with van der Waals surface area (Å²) in [4.78, 5) is 33.8. The topological polar surface area (TPSA) is 116 Å². The van der Waals surface area contributed by atoms with Gasteiger partial charge in [0.1, 0.15) is 17.0 Å². The van der Waals surface area contributed by atoms with E-state index in [2.05, 4.69) is 33.8 Å². The number of aromatic nitrogens is 6. The molecule has 1 aliphatic heterocycles. The van der Waals surface area contributed by atoms with Crippen LogP contribution in [0.15, 0.2) is 64.5 Å². The number of likely N-dealkylation sites (tertiary alicyclic amines) is 1. The Morgan fingerprint density at radius 1 is 1.18 bits per heavy atom. The highest BCUT2D eigenvalue weighted by molar-refractivity contribution is 5.80. The molecule has 11 heteroatoms. The molecular formula is C27H28N8O3. The fraction of sp³-hybridized carbons (Fsp3) is 0.296. The Balaban J connectivity index is 1.38. The smallest absolute Gasteiger partial charge is 0.278 e. The Labute approximate surface area is 218 Å². The van der Waals surface area contributed by atoms with E-state index in [1.165, 1.54) is 6.20 Å². The van der Waals surface area contributed by atoms with Crippen molar-refractivity contribution >= 4 is 33.8 Å². The van der Waals surface area contributed by atoms with E-state index in [-0.39, 0.29) is 18.2 Å². The number of benzene rings is 1. The van der Waals surface area contributed by atoms with Gasteiger partial charge in [-0.3, -0.25) is 4.79 Å². The Kier molecular flexibility index (Phi) is 6.12. The molecule has 0 aliphatic carbocycles. The molecule has 0 unspecified atom stereocenters. The minimum absolute atomic E-state index is 0.106. The average Bonchev–Trinajstić information content (AvgIpc) is 3.41. The summed E-state index contributed by atoms with van der Waals surface area (Å²) in [6.45, 7) is 7.88. The van der Waals surface area contributed by atoms with Crippen LogP contribution in [0.25, 0.3) is 28.0 Å². The number of allylic oxidation sites excluding steroid dienone is 1. The SMILES string of the molecule is C=CCn1c(=O)c2cnc(Nc3ccc4oc(C)nc4c3)nc2n1-c1cccc(OC2CCN(C)CC2)n1. The maximum Gasteiger partial charge on any atom is 0.278 e. The zero-order valence-corrected chi connectivity index (χ0v) is 21.3. The quantitative estimate of drug-likeness (QED) is 0.325. The second-order valence-corrected chi connectivity index (χ2v) is 9.41. The summed E-state index contributed by atoms with van der Waals surface area (Å²) in [5.74, 6) is 1.96. The van der Waals surface area contributed by atoms with Gasteiger partial charge >= 0.3 is 0 Å². The van der Waals surface area contributed by atoms with Crippen LogP contribution in [0.3, 0.4) is 0 Å². The summed E-state index contributed by atoms with van der Waals surface area (Å²) < 4.78 is 15.0. The van der Waals surface area contributed by atoms with Gasteiger partial charge in [0.25, 0.3) is 5.56 Å². The van der Waals surface area contributed by atoms with E-state index in [9.17, 15) is 4.79 Å². The first-order valence-corrected chi connectivity index (χ1v) is 12.5. The molecule has 0 spiro atoms. The zero-order chi connectivity index (χ0) is 26.2. The van der Waals surface area contributed by atoms with E-state index in [0.29, 0.717) is 40.2 Å². The van der Waals surface area contributed by atoms with E-state index < -0.39 is 0 Å². The highest BCUT2D eigenvalue weighted by Gasteiger charge is 2.21. The van der Waals surface area contributed by atoms with Crippen LogP contribution < -0.4 is 15.6 Å². The van der Waals surface area contributed by atoms with Crippen molar-refractivity contribution in [2.45, 2.75) is 32.4 Å². The lowest BCUT2D eigenvalue weighted by atomic mass is 10.1. The van der Waals surface area contributed by atoms with E-state index >= 15 is 0 Å². The van der Waals surface area contributed by atoms with Crippen molar-refractivity contribution in [1.82, 2.24) is 34.2 Å². The fourth-order valence-corrected chi connectivity index (χ4v) is 4.72. The highest BCUT2D eigenvalue weighted by Crippen LogP contribution is 2.24. The van der Waals surface area contributed by atoms with Crippen LogP contribution in [0.4, 0.5) is 11.6 Å². The molecule has 1 N–H and O–H groups in total. The molecule has 0 atom stereocenters. The fourth-order valence-electron chi connectivity index (χ4n) is 4.72. The third kappa shape index (κ3) is 4.52. The molecule has 1 aromatic carbocycles. The van der Waals surface area contributed by atoms with Gasteiger partial charge in [-0.25, -0.2) is 19.3 Å². The molecular weight excluding hydrogens is 484 g/mol. The number of nitrogens with one attached hydrogen (secondary N) is 1. The Hall–Kier alpha value is -4.51. The lowest BCUT2D eigenvalue weighted by molar-refractivity contribution is 0.110. The van der Waals surface area contributed by atoms with Crippen molar-refractivity contribution < 1.29 is 9.15 Å². The number of nitrogens with zero attached hydrogens (tertiary/aromatic N) is 7. The van der Waals surface area contributed by atoms with Gasteiger partial charge in [0.15, 0.2) is 22.9 Å². The second-order valence-electron chi connectivity index (χ2n) is 9.41. The lowest BCUT2D eigenvalue weighted by Gasteiger charge is -2.29. The van der Waals surface area contributed by atoms with E-state index in [4.69, 9.17) is 19.1 Å². The summed E-state index contributed by atoms with van der Waals surface area (Å²) in [6.07, 6.45) is 5.18. The summed E-state index contributed by atoms with van der Waals surface area (Å²) in [5.41, 5.74) is 2.38. The number of hydrogen-bond donors (Lipinski definition) is 1. The molecule has 1 aliphatic rings. The number of hydrogen-bond acceptors (Lipinski definition) is 9. The molecule has 38 heavy (non-hydrogen) atoms. The highest BCUT2D eigenvalue weighted by atomic mass is 16.5. The van der Waals surface area contributed by atoms with Gasteiger partial charge in [-0.2, -0.15) is 9.97 Å². The van der Waals surface area contributed by atoms with E-state index in [1.54, 1.807) is 22.4 Å². The number of piperidine rings is 1. The number of pyridine rings is 1. The Morgan fingerprint density at radius 2 is 2.03 bits per heavy atom. The van der Waals surface area contributed by atoms with Crippen molar-refractivity contribution in [2.75, 3.05) is 25.5 Å². The van der Waals surface area contributed by atoms with Gasteiger partial charge in [0.05, 0.1) is 6.54 Å². The molecule has 0 saturated carbocycles. The van der Waals surface area contributed by atoms with Crippen LogP contribution in [-0.4, -0.2) is 60.4 Å². The van der Waals surface area contributed by atoms with Crippen LogP contribution >= 0.6 is 0 Å². The minimum atomic E-state index is -0.227. The maximum atomic E-state index is 13.3. The normalized spacial score (nSPS) is 14.8. The molecule has 1 fully saturated rings. The molecule has 5 aromatic rings. The van der Waals surface area contributed by atoms with E-state index in [1.807, 2.05) is 36.4 Å². The van der Waals surface area contributed by atoms with Gasteiger partial charge < -0.3 is 19.4 Å². The molecule has 6 rings (SSSR count). The first-order chi connectivity index (χ1) is 18.5. The van der Waals surface area contributed by atoms with Crippen LogP contribution in [0.5, 0.6) is 5.88 Å². The van der Waals surface area contributed by atoms with Crippen LogP contribution in [0.2, 0.25) is 0 Å². The molecule has 0 radical (unpaired) electrons. The molecule has 1 saturated heterocycles. The van der Waals surface area contributed by atoms with Crippen molar-refractivity contribution in [2.24, 2.45) is 0 Å². The van der Waals surface area contributed by atoms with Gasteiger partial charge in [0, 0.05) is 38.0 Å². The number of oxazole rings is 1. The zero-order valence-electron chi connectivity index (χ0n) is 21.3. The van der Waals surface area contributed by atoms with Crippen LogP contribution in [0.1, 0.15) is 18.7 Å². The van der Waals surface area contributed by atoms with Crippen molar-refractivity contribution in [1.29, 1.82) is 0 Å². The van der Waals surface area contributed by atoms with Crippen molar-refractivity contribution in [3.05, 3.63) is 71.5 Å². The number of fused-ring (bicyclic) bond motifs is 2. The van der Waals surface area contributed by atoms with E-state index in [0.717, 1.165) is 37.1 Å². The largest absolute Gasteiger partial charge is 0.474 e. The first kappa shape index (κ1) is 23.9. The Bertz CT molecular complexity index is 1690. The Morgan fingerprint density at radius 3 is 2.84 bits per heavy atom. The molecule has 11 nitrogen and oxygen atoms in total. The molecule has 4 aromatic heterocycles. The van der Waals surface area contributed by atoms with Crippen molar-refractivity contribution in [3.63, 3.8) is 0 Å². The minimum Gasteiger partial charge on any atom is -0.474 e. The standard InChI is InChI=1S/C27H28N8O3/c1-4-12-34-26(36)20-16-28-27(30-18-8-9-22-21(15-18)29-17(2)37-22)32-25(20)35(34)23-6-5-7-24(31-23)38-19-10-13-33(3)14-11-19/h4-9,15-16,19H,1,10-14H2,2-3H3,(H,28,30,32). The van der Waals surface area contributed by atoms with Gasteiger partial charge in [-0.15, -0.1) is 6.58 Å². The predicted molar refractivity (Wildman–Crippen MR) is 144 cm³/mol. The number of rotatable bonds is 7. The third-order valence-electron chi connectivity index (χ3n) is 6.61. The molecule has 0 bridgehead atoms. The number of aryl methyl sites for hydroxylation is 1. The van der Waals surface area contributed by atoms with Gasteiger partial charge in [-0.1, -0.05) is 12.1 Å². The third-order valence-corrected chi connectivity index (χ3v) is 6.61. The first-order valence-electron chi connectivity index (χ1n) is 12.5. The lowest BCUT2D eigenvalue weighted by Crippen LogP contribution is -2.35. The van der Waals surface area contributed by atoms with Crippen LogP contribution in [0, 0.1) is 6.92 Å². The summed E-state index contributed by atoms with van der Waals surface area (Å²) in [7, 11) is 2.11. The average molecular weight is 513 g/mol. The second kappa shape index (κ2) is 9.75. The van der Waals surface area contributed by atoms with Gasteiger partial charge in [-0.05, 0) is 44.2 Å². The van der Waals surface area contributed by atoms with Gasteiger partial charge in [0.2, 0.25) is 11.8 Å². The molecule has 0 amide bonds. The molecule has 5 heterocycles. The summed E-state index contributed by atoms with van der Waals surface area (Å²) >= 11 is 0. The monoisotopic (exact) mass is 512 g/mol. The summed E-state index contributed by atoms with van der Waals surface area (Å²) in [6, 6.07) is 11.1. The van der Waals surface area contributed by atoms with Crippen LogP contribution in [-0.2, 0) is 6.54 Å². The predicted octanol–water partition coefficient (Wildman–Crippen LogP) is 3.83. The number of ether oxygens (including phenoxy) is 1. The number of anilines is 2. The maximum absolute atomic E-state index is 13.3.